The smallest absolute Gasteiger partial charge is 0.338 e. The van der Waals surface area contributed by atoms with Crippen LogP contribution < -0.4 is 5.32 Å². The maximum atomic E-state index is 11.9. The molecular weight excluding hydrogens is 278 g/mol. The Kier molecular flexibility index (Phi) is 4.94. The topological polar surface area (TPSA) is 55.4 Å². The maximum absolute atomic E-state index is 11.9. The zero-order valence-electron chi connectivity index (χ0n) is 13.0. The maximum Gasteiger partial charge on any atom is 0.338 e. The number of anilines is 1. The molecule has 1 N–H and O–H groups in total. The van der Waals surface area contributed by atoms with Crippen LogP contribution in [0.25, 0.3) is 0 Å². The summed E-state index contributed by atoms with van der Waals surface area (Å²) in [5, 5.41) is 2.71. The largest absolute Gasteiger partial charge is 0.452 e. The van der Waals surface area contributed by atoms with Gasteiger partial charge in [0.15, 0.2) is 6.61 Å². The molecule has 1 amide bonds. The lowest BCUT2D eigenvalue weighted by atomic mass is 10.1. The molecular formula is C18H19NO3. The van der Waals surface area contributed by atoms with Crippen molar-refractivity contribution in [1.82, 2.24) is 0 Å². The molecule has 0 saturated heterocycles. The van der Waals surface area contributed by atoms with Gasteiger partial charge in [0.25, 0.3) is 5.91 Å². The second-order valence-electron chi connectivity index (χ2n) is 5.29. The van der Waals surface area contributed by atoms with Gasteiger partial charge in [-0.05, 0) is 56.2 Å². The molecule has 2 aromatic rings. The fourth-order valence-corrected chi connectivity index (χ4v) is 2.00. The standard InChI is InChI=1S/C18H19NO3/c1-12-5-4-6-15(9-12)18(21)22-11-17(20)19-16-8-7-13(2)14(3)10-16/h4-10H,11H2,1-3H3,(H,19,20). The van der Waals surface area contributed by atoms with Gasteiger partial charge in [0.2, 0.25) is 0 Å². The highest BCUT2D eigenvalue weighted by Gasteiger charge is 2.10. The SMILES string of the molecule is Cc1cccc(C(=O)OCC(=O)Nc2ccc(C)c(C)c2)c1. The van der Waals surface area contributed by atoms with Crippen LogP contribution in [-0.2, 0) is 9.53 Å². The van der Waals surface area contributed by atoms with Crippen LogP contribution in [0.15, 0.2) is 42.5 Å². The predicted octanol–water partition coefficient (Wildman–Crippen LogP) is 3.41. The summed E-state index contributed by atoms with van der Waals surface area (Å²) in [5.74, 6) is -0.858. The third-order valence-electron chi connectivity index (χ3n) is 3.38. The first kappa shape index (κ1) is 15.8. The third-order valence-corrected chi connectivity index (χ3v) is 3.38. The van der Waals surface area contributed by atoms with E-state index in [1.165, 1.54) is 0 Å². The second kappa shape index (κ2) is 6.89. The fraction of sp³-hybridized carbons (Fsp3) is 0.222. The van der Waals surface area contributed by atoms with E-state index >= 15 is 0 Å². The number of nitrogens with one attached hydrogen (secondary N) is 1. The number of ether oxygens (including phenoxy) is 1. The predicted molar refractivity (Wildman–Crippen MR) is 86.0 cm³/mol. The number of amides is 1. The monoisotopic (exact) mass is 297 g/mol. The Morgan fingerprint density at radius 3 is 2.45 bits per heavy atom. The van der Waals surface area contributed by atoms with Gasteiger partial charge >= 0.3 is 5.97 Å². The van der Waals surface area contributed by atoms with Crippen molar-refractivity contribution in [3.05, 3.63) is 64.7 Å². The molecule has 2 rings (SSSR count). The molecule has 0 bridgehead atoms. The van der Waals surface area contributed by atoms with Gasteiger partial charge in [0, 0.05) is 5.69 Å². The van der Waals surface area contributed by atoms with Crippen molar-refractivity contribution in [3.63, 3.8) is 0 Å². The Morgan fingerprint density at radius 1 is 1.00 bits per heavy atom. The van der Waals surface area contributed by atoms with E-state index in [1.807, 2.05) is 45.0 Å². The summed E-state index contributed by atoms with van der Waals surface area (Å²) in [6.45, 7) is 5.57. The van der Waals surface area contributed by atoms with Gasteiger partial charge in [-0.3, -0.25) is 4.79 Å². The van der Waals surface area contributed by atoms with Gasteiger partial charge in [-0.25, -0.2) is 4.79 Å². The average Bonchev–Trinajstić information content (AvgIpc) is 2.48. The molecule has 0 fully saturated rings. The Morgan fingerprint density at radius 2 is 1.77 bits per heavy atom. The van der Waals surface area contributed by atoms with Crippen LogP contribution in [-0.4, -0.2) is 18.5 Å². The first-order valence-corrected chi connectivity index (χ1v) is 7.06. The van der Waals surface area contributed by atoms with E-state index in [4.69, 9.17) is 4.74 Å². The minimum absolute atomic E-state index is 0.306. The zero-order chi connectivity index (χ0) is 16.1. The molecule has 4 nitrogen and oxygen atoms in total. The molecule has 4 heteroatoms. The molecule has 0 atom stereocenters. The molecule has 0 aliphatic heterocycles. The summed E-state index contributed by atoms with van der Waals surface area (Å²) in [5.41, 5.74) is 4.35. The molecule has 0 radical (unpaired) electrons. The number of esters is 1. The van der Waals surface area contributed by atoms with Gasteiger partial charge < -0.3 is 10.1 Å². The summed E-state index contributed by atoms with van der Waals surface area (Å²) in [7, 11) is 0. The number of carbonyl (C=O) groups is 2. The highest BCUT2D eigenvalue weighted by atomic mass is 16.5. The van der Waals surface area contributed by atoms with Crippen molar-refractivity contribution in [3.8, 4) is 0 Å². The van der Waals surface area contributed by atoms with Gasteiger partial charge in [0.1, 0.15) is 0 Å². The number of benzene rings is 2. The first-order chi connectivity index (χ1) is 10.5. The Balaban J connectivity index is 1.90. The molecule has 114 valence electrons. The van der Waals surface area contributed by atoms with Crippen LogP contribution in [0.4, 0.5) is 5.69 Å². The highest BCUT2D eigenvalue weighted by Crippen LogP contribution is 2.14. The van der Waals surface area contributed by atoms with E-state index in [-0.39, 0.29) is 12.5 Å². The van der Waals surface area contributed by atoms with E-state index < -0.39 is 5.97 Å². The number of aryl methyl sites for hydroxylation is 3. The molecule has 0 aliphatic rings. The first-order valence-electron chi connectivity index (χ1n) is 7.06. The van der Waals surface area contributed by atoms with Crippen LogP contribution in [0.3, 0.4) is 0 Å². The van der Waals surface area contributed by atoms with Crippen LogP contribution in [0.1, 0.15) is 27.0 Å². The number of hydrogen-bond acceptors (Lipinski definition) is 3. The minimum atomic E-state index is -0.501. The van der Waals surface area contributed by atoms with Crippen molar-refractivity contribution in [2.24, 2.45) is 0 Å². The quantitative estimate of drug-likeness (QED) is 0.880. The van der Waals surface area contributed by atoms with E-state index in [2.05, 4.69) is 5.32 Å². The molecule has 2 aromatic carbocycles. The van der Waals surface area contributed by atoms with E-state index in [9.17, 15) is 9.59 Å². The van der Waals surface area contributed by atoms with Crippen molar-refractivity contribution in [2.45, 2.75) is 20.8 Å². The van der Waals surface area contributed by atoms with E-state index in [1.54, 1.807) is 18.2 Å². The zero-order valence-corrected chi connectivity index (χ0v) is 13.0. The Hall–Kier alpha value is -2.62. The van der Waals surface area contributed by atoms with Crippen molar-refractivity contribution < 1.29 is 14.3 Å². The van der Waals surface area contributed by atoms with Gasteiger partial charge in [-0.1, -0.05) is 23.8 Å². The lowest BCUT2D eigenvalue weighted by Gasteiger charge is -2.08. The van der Waals surface area contributed by atoms with Gasteiger partial charge in [0.05, 0.1) is 5.56 Å². The number of carbonyl (C=O) groups excluding carboxylic acids is 2. The molecule has 22 heavy (non-hydrogen) atoms. The van der Waals surface area contributed by atoms with E-state index in [0.717, 1.165) is 16.7 Å². The van der Waals surface area contributed by atoms with Gasteiger partial charge in [-0.2, -0.15) is 0 Å². The molecule has 0 saturated carbocycles. The normalized spacial score (nSPS) is 10.1. The van der Waals surface area contributed by atoms with Crippen LogP contribution in [0.5, 0.6) is 0 Å². The van der Waals surface area contributed by atoms with E-state index in [0.29, 0.717) is 11.3 Å². The second-order valence-corrected chi connectivity index (χ2v) is 5.29. The average molecular weight is 297 g/mol. The molecule has 0 heterocycles. The van der Waals surface area contributed by atoms with Crippen LogP contribution in [0, 0.1) is 20.8 Å². The molecule has 0 aromatic heterocycles. The van der Waals surface area contributed by atoms with Crippen LogP contribution in [0.2, 0.25) is 0 Å². The Bertz CT molecular complexity index is 707. The summed E-state index contributed by atoms with van der Waals surface area (Å²) in [6.07, 6.45) is 0. The molecule has 0 unspecified atom stereocenters. The molecule has 0 spiro atoms. The highest BCUT2D eigenvalue weighted by molar-refractivity contribution is 5.95. The minimum Gasteiger partial charge on any atom is -0.452 e. The third kappa shape index (κ3) is 4.19. The van der Waals surface area contributed by atoms with Gasteiger partial charge in [-0.15, -0.1) is 0 Å². The summed E-state index contributed by atoms with van der Waals surface area (Å²) < 4.78 is 5.02. The van der Waals surface area contributed by atoms with Crippen molar-refractivity contribution >= 4 is 17.6 Å². The van der Waals surface area contributed by atoms with Crippen molar-refractivity contribution in [1.29, 1.82) is 0 Å². The number of rotatable bonds is 4. The molecule has 0 aliphatic carbocycles. The lowest BCUT2D eigenvalue weighted by molar-refractivity contribution is -0.119. The summed E-state index contributed by atoms with van der Waals surface area (Å²) >= 11 is 0. The number of hydrogen-bond donors (Lipinski definition) is 1. The van der Waals surface area contributed by atoms with Crippen molar-refractivity contribution in [2.75, 3.05) is 11.9 Å². The summed E-state index contributed by atoms with van der Waals surface area (Å²) in [4.78, 5) is 23.7. The summed E-state index contributed by atoms with van der Waals surface area (Å²) in [6, 6.07) is 12.7. The lowest BCUT2D eigenvalue weighted by Crippen LogP contribution is -2.21. The Labute approximate surface area is 130 Å². The van der Waals surface area contributed by atoms with Crippen LogP contribution >= 0.6 is 0 Å². The fourth-order valence-electron chi connectivity index (χ4n) is 2.00.